The molecule has 0 atom stereocenters. The van der Waals surface area contributed by atoms with Crippen molar-refractivity contribution < 1.29 is 18.7 Å². The van der Waals surface area contributed by atoms with Gasteiger partial charge in [-0.3, -0.25) is 0 Å². The van der Waals surface area contributed by atoms with Gasteiger partial charge in [0.05, 0.1) is 7.11 Å². The normalized spacial score (nSPS) is 10.6. The zero-order valence-corrected chi connectivity index (χ0v) is 12.7. The molecule has 0 radical (unpaired) electrons. The molecule has 0 bridgehead atoms. The highest BCUT2D eigenvalue weighted by atomic mass is 79.9. The molecule has 0 aliphatic carbocycles. The zero-order valence-electron chi connectivity index (χ0n) is 11.1. The molecule has 0 saturated carbocycles. The fourth-order valence-corrected chi connectivity index (χ4v) is 2.28. The third-order valence-corrected chi connectivity index (χ3v) is 3.43. The molecule has 106 valence electrons. The van der Waals surface area contributed by atoms with Gasteiger partial charge in [0.15, 0.2) is 4.67 Å². The topological polar surface area (TPSA) is 48.7 Å². The second kappa shape index (κ2) is 5.61. The largest absolute Gasteiger partial charge is 0.497 e. The van der Waals surface area contributed by atoms with Crippen LogP contribution in [-0.2, 0) is 0 Å². The van der Waals surface area contributed by atoms with Crippen molar-refractivity contribution in [3.63, 3.8) is 0 Å². The Balaban J connectivity index is 1.88. The zero-order chi connectivity index (χ0) is 14.8. The third kappa shape index (κ3) is 2.92. The van der Waals surface area contributed by atoms with E-state index < -0.39 is 5.97 Å². The van der Waals surface area contributed by atoms with Gasteiger partial charge in [0.25, 0.3) is 0 Å². The maximum absolute atomic E-state index is 11.9. The number of furan rings is 1. The van der Waals surface area contributed by atoms with Crippen molar-refractivity contribution in [1.29, 1.82) is 0 Å². The molecule has 3 rings (SSSR count). The SMILES string of the molecule is COc1ccc2ccc(OC(=O)c3ccc(Br)o3)cc2c1. The fourth-order valence-electron chi connectivity index (χ4n) is 1.97. The monoisotopic (exact) mass is 346 g/mol. The Labute approximate surface area is 129 Å². The van der Waals surface area contributed by atoms with Crippen molar-refractivity contribution in [1.82, 2.24) is 0 Å². The van der Waals surface area contributed by atoms with E-state index in [1.807, 2.05) is 24.3 Å². The predicted molar refractivity (Wildman–Crippen MR) is 81.9 cm³/mol. The van der Waals surface area contributed by atoms with Gasteiger partial charge in [-0.1, -0.05) is 12.1 Å². The van der Waals surface area contributed by atoms with Crippen molar-refractivity contribution in [2.75, 3.05) is 7.11 Å². The van der Waals surface area contributed by atoms with E-state index in [9.17, 15) is 4.79 Å². The Kier molecular flexibility index (Phi) is 3.66. The van der Waals surface area contributed by atoms with Crippen molar-refractivity contribution in [3.8, 4) is 11.5 Å². The Morgan fingerprint density at radius 1 is 1.00 bits per heavy atom. The van der Waals surface area contributed by atoms with Crippen LogP contribution in [0.1, 0.15) is 10.6 Å². The van der Waals surface area contributed by atoms with E-state index >= 15 is 0 Å². The summed E-state index contributed by atoms with van der Waals surface area (Å²) < 4.78 is 16.1. The maximum atomic E-state index is 11.9. The van der Waals surface area contributed by atoms with E-state index in [1.165, 1.54) is 0 Å². The number of hydrogen-bond acceptors (Lipinski definition) is 4. The lowest BCUT2D eigenvalue weighted by Crippen LogP contribution is -2.06. The average Bonchev–Trinajstić information content (AvgIpc) is 2.93. The summed E-state index contributed by atoms with van der Waals surface area (Å²) >= 11 is 3.15. The van der Waals surface area contributed by atoms with E-state index in [0.29, 0.717) is 10.4 Å². The summed E-state index contributed by atoms with van der Waals surface area (Å²) in [5, 5.41) is 1.97. The molecule has 0 aliphatic rings. The number of carbonyl (C=O) groups excluding carboxylic acids is 1. The molecule has 0 N–H and O–H groups in total. The number of halogens is 1. The number of ether oxygens (including phenoxy) is 2. The lowest BCUT2D eigenvalue weighted by molar-refractivity contribution is 0.0700. The highest BCUT2D eigenvalue weighted by Gasteiger charge is 2.13. The summed E-state index contributed by atoms with van der Waals surface area (Å²) in [6.45, 7) is 0. The van der Waals surface area contributed by atoms with Crippen LogP contribution in [0.15, 0.2) is 57.6 Å². The third-order valence-electron chi connectivity index (χ3n) is 3.00. The maximum Gasteiger partial charge on any atom is 0.379 e. The Hall–Kier alpha value is -2.27. The lowest BCUT2D eigenvalue weighted by Gasteiger charge is -2.06. The molecule has 0 unspecified atom stereocenters. The number of rotatable bonds is 3. The first-order chi connectivity index (χ1) is 10.2. The second-order valence-corrected chi connectivity index (χ2v) is 5.15. The molecular formula is C16H11BrO4. The number of carbonyl (C=O) groups is 1. The van der Waals surface area contributed by atoms with Crippen LogP contribution >= 0.6 is 15.9 Å². The molecule has 3 aromatic rings. The molecule has 1 aromatic heterocycles. The summed E-state index contributed by atoms with van der Waals surface area (Å²) in [6, 6.07) is 14.3. The van der Waals surface area contributed by atoms with E-state index in [1.54, 1.807) is 31.4 Å². The molecule has 0 aliphatic heterocycles. The van der Waals surface area contributed by atoms with Crippen LogP contribution in [0.2, 0.25) is 0 Å². The molecule has 0 fully saturated rings. The minimum atomic E-state index is -0.539. The first kappa shape index (κ1) is 13.7. The van der Waals surface area contributed by atoms with E-state index in [-0.39, 0.29) is 5.76 Å². The number of esters is 1. The van der Waals surface area contributed by atoms with Crippen LogP contribution in [0.4, 0.5) is 0 Å². The van der Waals surface area contributed by atoms with Crippen LogP contribution in [-0.4, -0.2) is 13.1 Å². The number of methoxy groups -OCH3 is 1. The van der Waals surface area contributed by atoms with E-state index in [0.717, 1.165) is 16.5 Å². The molecule has 1 heterocycles. The molecule has 0 amide bonds. The molecule has 5 heteroatoms. The lowest BCUT2D eigenvalue weighted by atomic mass is 10.1. The minimum absolute atomic E-state index is 0.146. The van der Waals surface area contributed by atoms with Crippen molar-refractivity contribution >= 4 is 32.7 Å². The highest BCUT2D eigenvalue weighted by Crippen LogP contribution is 2.25. The number of benzene rings is 2. The Morgan fingerprint density at radius 2 is 1.71 bits per heavy atom. The highest BCUT2D eigenvalue weighted by molar-refractivity contribution is 9.10. The quantitative estimate of drug-likeness (QED) is 0.520. The van der Waals surface area contributed by atoms with Crippen molar-refractivity contribution in [3.05, 3.63) is 59.0 Å². The number of hydrogen-bond donors (Lipinski definition) is 0. The first-order valence-corrected chi connectivity index (χ1v) is 7.00. The summed E-state index contributed by atoms with van der Waals surface area (Å²) in [4.78, 5) is 11.9. The fraction of sp³-hybridized carbons (Fsp3) is 0.0625. The Morgan fingerprint density at radius 3 is 2.38 bits per heavy atom. The number of fused-ring (bicyclic) bond motifs is 1. The van der Waals surface area contributed by atoms with Crippen LogP contribution < -0.4 is 9.47 Å². The van der Waals surface area contributed by atoms with Gasteiger partial charge in [0.2, 0.25) is 5.76 Å². The summed E-state index contributed by atoms with van der Waals surface area (Å²) in [7, 11) is 1.61. The van der Waals surface area contributed by atoms with Crippen LogP contribution in [0.25, 0.3) is 10.8 Å². The van der Waals surface area contributed by atoms with Gasteiger partial charge < -0.3 is 13.9 Å². The standard InChI is InChI=1S/C16H11BrO4/c1-19-12-4-2-10-3-5-13(9-11(10)8-12)20-16(18)14-6-7-15(17)21-14/h2-9H,1H3. The molecule has 4 nitrogen and oxygen atoms in total. The van der Waals surface area contributed by atoms with Crippen LogP contribution in [0.3, 0.4) is 0 Å². The molecule has 0 saturated heterocycles. The van der Waals surface area contributed by atoms with E-state index in [4.69, 9.17) is 13.9 Å². The molecule has 21 heavy (non-hydrogen) atoms. The smallest absolute Gasteiger partial charge is 0.379 e. The average molecular weight is 347 g/mol. The predicted octanol–water partition coefficient (Wildman–Crippen LogP) is 4.42. The van der Waals surface area contributed by atoms with Gasteiger partial charge in [-0.2, -0.15) is 0 Å². The molecule has 0 spiro atoms. The van der Waals surface area contributed by atoms with Crippen LogP contribution in [0, 0.1) is 0 Å². The van der Waals surface area contributed by atoms with Crippen molar-refractivity contribution in [2.24, 2.45) is 0 Å². The van der Waals surface area contributed by atoms with Gasteiger partial charge in [-0.25, -0.2) is 4.79 Å². The molecular weight excluding hydrogens is 336 g/mol. The van der Waals surface area contributed by atoms with Crippen molar-refractivity contribution in [2.45, 2.75) is 0 Å². The molecule has 2 aromatic carbocycles. The first-order valence-electron chi connectivity index (χ1n) is 6.21. The van der Waals surface area contributed by atoms with E-state index in [2.05, 4.69) is 15.9 Å². The Bertz CT molecular complexity index is 807. The summed E-state index contributed by atoms with van der Waals surface area (Å²) in [5.41, 5.74) is 0. The summed E-state index contributed by atoms with van der Waals surface area (Å²) in [5.74, 6) is 0.810. The summed E-state index contributed by atoms with van der Waals surface area (Å²) in [6.07, 6.45) is 0. The minimum Gasteiger partial charge on any atom is -0.497 e. The van der Waals surface area contributed by atoms with Crippen LogP contribution in [0.5, 0.6) is 11.5 Å². The van der Waals surface area contributed by atoms with Gasteiger partial charge in [-0.05, 0) is 63.1 Å². The van der Waals surface area contributed by atoms with Gasteiger partial charge in [0, 0.05) is 0 Å². The van der Waals surface area contributed by atoms with Gasteiger partial charge >= 0.3 is 5.97 Å². The van der Waals surface area contributed by atoms with Gasteiger partial charge in [0.1, 0.15) is 11.5 Å². The van der Waals surface area contributed by atoms with Gasteiger partial charge in [-0.15, -0.1) is 0 Å². The second-order valence-electron chi connectivity index (χ2n) is 4.37.